The predicted molar refractivity (Wildman–Crippen MR) is 66.1 cm³/mol. The summed E-state index contributed by atoms with van der Waals surface area (Å²) in [6.45, 7) is 3.85. The van der Waals surface area contributed by atoms with Crippen molar-refractivity contribution in [2.45, 2.75) is 26.4 Å². The van der Waals surface area contributed by atoms with Crippen molar-refractivity contribution >= 4 is 5.69 Å². The van der Waals surface area contributed by atoms with E-state index in [0.717, 1.165) is 6.42 Å². The van der Waals surface area contributed by atoms with E-state index in [-0.39, 0.29) is 11.3 Å². The molecule has 100 valence electrons. The molecule has 0 saturated carbocycles. The fourth-order valence-electron chi connectivity index (χ4n) is 1.54. The van der Waals surface area contributed by atoms with Crippen LogP contribution in [0.25, 0.3) is 0 Å². The number of methoxy groups -OCH3 is 1. The van der Waals surface area contributed by atoms with Gasteiger partial charge in [-0.25, -0.2) is 0 Å². The van der Waals surface area contributed by atoms with Gasteiger partial charge in [0.1, 0.15) is 0 Å². The van der Waals surface area contributed by atoms with Gasteiger partial charge in [0.15, 0.2) is 11.5 Å². The zero-order chi connectivity index (χ0) is 13.7. The molecule has 6 nitrogen and oxygen atoms in total. The Labute approximate surface area is 105 Å². The minimum atomic E-state index is -0.945. The molecule has 1 rings (SSSR count). The highest BCUT2D eigenvalue weighted by Gasteiger charge is 2.22. The molecule has 0 aromatic heterocycles. The molecule has 0 aliphatic rings. The minimum absolute atomic E-state index is 0.170. The Kier molecular flexibility index (Phi) is 4.91. The summed E-state index contributed by atoms with van der Waals surface area (Å²) in [5, 5.41) is 20.5. The van der Waals surface area contributed by atoms with Crippen LogP contribution < -0.4 is 9.47 Å². The van der Waals surface area contributed by atoms with E-state index in [4.69, 9.17) is 9.47 Å². The SMILES string of the molecule is CCCOc1cc([N+](=O)[O-])c(C(C)O)cc1OC. The summed E-state index contributed by atoms with van der Waals surface area (Å²) in [7, 11) is 1.45. The number of benzene rings is 1. The van der Waals surface area contributed by atoms with Crippen LogP contribution in [0.1, 0.15) is 31.9 Å². The molecule has 0 saturated heterocycles. The Bertz CT molecular complexity index is 431. The first kappa shape index (κ1) is 14.2. The maximum absolute atomic E-state index is 10.9. The molecule has 0 radical (unpaired) electrons. The lowest BCUT2D eigenvalue weighted by atomic mass is 10.1. The minimum Gasteiger partial charge on any atom is -0.493 e. The molecule has 1 atom stereocenters. The van der Waals surface area contributed by atoms with Crippen molar-refractivity contribution in [2.75, 3.05) is 13.7 Å². The number of nitro benzene ring substituents is 1. The van der Waals surface area contributed by atoms with E-state index >= 15 is 0 Å². The van der Waals surface area contributed by atoms with Gasteiger partial charge in [-0.2, -0.15) is 0 Å². The van der Waals surface area contributed by atoms with Gasteiger partial charge < -0.3 is 14.6 Å². The Balaban J connectivity index is 3.27. The summed E-state index contributed by atoms with van der Waals surface area (Å²) in [5.74, 6) is 0.695. The molecule has 0 fully saturated rings. The first-order valence-corrected chi connectivity index (χ1v) is 5.68. The molecule has 1 unspecified atom stereocenters. The molecule has 1 aromatic rings. The van der Waals surface area contributed by atoms with Gasteiger partial charge in [0.05, 0.1) is 36.4 Å². The first-order chi connectivity index (χ1) is 8.51. The Hall–Kier alpha value is -1.82. The summed E-state index contributed by atoms with van der Waals surface area (Å²) < 4.78 is 10.5. The van der Waals surface area contributed by atoms with E-state index in [1.165, 1.54) is 26.2 Å². The molecule has 0 amide bonds. The van der Waals surface area contributed by atoms with Crippen LogP contribution in [0, 0.1) is 10.1 Å². The molecular weight excluding hydrogens is 238 g/mol. The van der Waals surface area contributed by atoms with E-state index in [9.17, 15) is 15.2 Å². The number of nitrogens with zero attached hydrogens (tertiary/aromatic N) is 1. The van der Waals surface area contributed by atoms with Crippen molar-refractivity contribution in [1.82, 2.24) is 0 Å². The highest BCUT2D eigenvalue weighted by atomic mass is 16.6. The van der Waals surface area contributed by atoms with Crippen LogP contribution in [-0.4, -0.2) is 23.7 Å². The monoisotopic (exact) mass is 255 g/mol. The Morgan fingerprint density at radius 3 is 2.56 bits per heavy atom. The van der Waals surface area contributed by atoms with Crippen LogP contribution in [0.3, 0.4) is 0 Å². The quantitative estimate of drug-likeness (QED) is 0.623. The van der Waals surface area contributed by atoms with Gasteiger partial charge in [-0.05, 0) is 19.4 Å². The molecule has 18 heavy (non-hydrogen) atoms. The standard InChI is InChI=1S/C12H17NO5/c1-4-5-18-12-7-10(13(15)16)9(8(2)14)6-11(12)17-3/h6-8,14H,4-5H2,1-3H3. The van der Waals surface area contributed by atoms with E-state index < -0.39 is 11.0 Å². The number of aliphatic hydroxyl groups excluding tert-OH is 1. The average Bonchev–Trinajstić information content (AvgIpc) is 2.34. The fourth-order valence-corrected chi connectivity index (χ4v) is 1.54. The zero-order valence-electron chi connectivity index (χ0n) is 10.7. The number of hydrogen-bond acceptors (Lipinski definition) is 5. The number of aliphatic hydroxyl groups is 1. The lowest BCUT2D eigenvalue weighted by Gasteiger charge is -2.13. The lowest BCUT2D eigenvalue weighted by molar-refractivity contribution is -0.386. The van der Waals surface area contributed by atoms with Crippen LogP contribution in [0.2, 0.25) is 0 Å². The molecule has 0 aliphatic heterocycles. The molecule has 6 heteroatoms. The van der Waals surface area contributed by atoms with E-state index in [2.05, 4.69) is 0 Å². The molecule has 0 bridgehead atoms. The smallest absolute Gasteiger partial charge is 0.279 e. The van der Waals surface area contributed by atoms with Crippen molar-refractivity contribution in [3.8, 4) is 11.5 Å². The van der Waals surface area contributed by atoms with Crippen LogP contribution in [0.15, 0.2) is 12.1 Å². The van der Waals surface area contributed by atoms with Gasteiger partial charge in [0, 0.05) is 0 Å². The summed E-state index contributed by atoms with van der Waals surface area (Å²) in [6.07, 6.45) is -0.158. The molecule has 0 heterocycles. The number of rotatable bonds is 6. The van der Waals surface area contributed by atoms with Gasteiger partial charge in [0.2, 0.25) is 0 Å². The summed E-state index contributed by atoms with van der Waals surface area (Å²) in [6, 6.07) is 2.73. The van der Waals surface area contributed by atoms with E-state index in [1.54, 1.807) is 0 Å². The van der Waals surface area contributed by atoms with Crippen LogP contribution in [-0.2, 0) is 0 Å². The van der Waals surface area contributed by atoms with Crippen molar-refractivity contribution < 1.29 is 19.5 Å². The van der Waals surface area contributed by atoms with Crippen LogP contribution in [0.4, 0.5) is 5.69 Å². The fraction of sp³-hybridized carbons (Fsp3) is 0.500. The largest absolute Gasteiger partial charge is 0.493 e. The van der Waals surface area contributed by atoms with Crippen LogP contribution >= 0.6 is 0 Å². The second-order valence-electron chi connectivity index (χ2n) is 3.84. The topological polar surface area (TPSA) is 81.8 Å². The summed E-state index contributed by atoms with van der Waals surface area (Å²) in [4.78, 5) is 10.4. The average molecular weight is 255 g/mol. The van der Waals surface area contributed by atoms with Crippen molar-refractivity contribution in [3.63, 3.8) is 0 Å². The van der Waals surface area contributed by atoms with E-state index in [1.807, 2.05) is 6.92 Å². The molecule has 1 aromatic carbocycles. The third kappa shape index (κ3) is 3.10. The first-order valence-electron chi connectivity index (χ1n) is 5.68. The Morgan fingerprint density at radius 1 is 1.44 bits per heavy atom. The van der Waals surface area contributed by atoms with Crippen molar-refractivity contribution in [1.29, 1.82) is 0 Å². The van der Waals surface area contributed by atoms with Crippen molar-refractivity contribution in [2.24, 2.45) is 0 Å². The second kappa shape index (κ2) is 6.20. The van der Waals surface area contributed by atoms with Gasteiger partial charge >= 0.3 is 0 Å². The number of ether oxygens (including phenoxy) is 2. The maximum Gasteiger partial charge on any atom is 0.279 e. The molecule has 0 aliphatic carbocycles. The zero-order valence-corrected chi connectivity index (χ0v) is 10.7. The molecule has 0 spiro atoms. The Morgan fingerprint density at radius 2 is 2.11 bits per heavy atom. The predicted octanol–water partition coefficient (Wildman–Crippen LogP) is 2.45. The highest BCUT2D eigenvalue weighted by Crippen LogP contribution is 2.37. The summed E-state index contributed by atoms with van der Waals surface area (Å²) >= 11 is 0. The van der Waals surface area contributed by atoms with Crippen molar-refractivity contribution in [3.05, 3.63) is 27.8 Å². The number of nitro groups is 1. The van der Waals surface area contributed by atoms with Gasteiger partial charge in [-0.3, -0.25) is 10.1 Å². The van der Waals surface area contributed by atoms with Gasteiger partial charge in [0.25, 0.3) is 5.69 Å². The van der Waals surface area contributed by atoms with Gasteiger partial charge in [-0.15, -0.1) is 0 Å². The van der Waals surface area contributed by atoms with Gasteiger partial charge in [-0.1, -0.05) is 6.92 Å². The third-order valence-corrected chi connectivity index (χ3v) is 2.42. The third-order valence-electron chi connectivity index (χ3n) is 2.42. The number of hydrogen-bond donors (Lipinski definition) is 1. The second-order valence-corrected chi connectivity index (χ2v) is 3.84. The van der Waals surface area contributed by atoms with E-state index in [0.29, 0.717) is 18.1 Å². The van der Waals surface area contributed by atoms with Crippen LogP contribution in [0.5, 0.6) is 11.5 Å². The lowest BCUT2D eigenvalue weighted by Crippen LogP contribution is -2.03. The normalized spacial score (nSPS) is 12.0. The molecule has 1 N–H and O–H groups in total. The molecular formula is C12H17NO5. The highest BCUT2D eigenvalue weighted by molar-refractivity contribution is 5.55. The maximum atomic E-state index is 10.9. The summed E-state index contributed by atoms with van der Waals surface area (Å²) in [5.41, 5.74) is 0.0394.